The molecule has 0 bridgehead atoms. The smallest absolute Gasteiger partial charge is 0.119 e. The highest BCUT2D eigenvalue weighted by atomic mass is 32.1. The lowest BCUT2D eigenvalue weighted by Gasteiger charge is -2.03. The second-order valence-corrected chi connectivity index (χ2v) is 4.12. The van der Waals surface area contributed by atoms with Crippen LogP contribution >= 0.6 is 11.3 Å². The average Bonchev–Trinajstić information content (AvgIpc) is 2.61. The Labute approximate surface area is 86.8 Å². The molecule has 2 nitrogen and oxygen atoms in total. The van der Waals surface area contributed by atoms with E-state index in [1.807, 2.05) is 17.5 Å². The number of aliphatic hydroxyl groups excluding tert-OH is 1. The van der Waals surface area contributed by atoms with Gasteiger partial charge in [0.05, 0.1) is 13.7 Å². The maximum Gasteiger partial charge on any atom is 0.119 e. The molecule has 0 amide bonds. The summed E-state index contributed by atoms with van der Waals surface area (Å²) >= 11 is 1.67. The fraction of sp³-hybridized carbons (Fsp3) is 0.273. The van der Waals surface area contributed by atoms with Gasteiger partial charge in [-0.2, -0.15) is 0 Å². The monoisotopic (exact) mass is 208 g/mol. The third-order valence-corrected chi connectivity index (χ3v) is 3.50. The maximum absolute atomic E-state index is 9.14. The number of hydrogen-bond acceptors (Lipinski definition) is 3. The quantitative estimate of drug-likeness (QED) is 0.822. The van der Waals surface area contributed by atoms with Crippen molar-refractivity contribution in [1.29, 1.82) is 0 Å². The lowest BCUT2D eigenvalue weighted by Crippen LogP contribution is -1.85. The topological polar surface area (TPSA) is 29.5 Å². The Morgan fingerprint density at radius 3 is 2.86 bits per heavy atom. The van der Waals surface area contributed by atoms with Crippen molar-refractivity contribution in [3.8, 4) is 5.75 Å². The summed E-state index contributed by atoms with van der Waals surface area (Å²) in [5.74, 6) is 0.850. The van der Waals surface area contributed by atoms with Gasteiger partial charge in [0.25, 0.3) is 0 Å². The molecule has 2 rings (SSSR count). The van der Waals surface area contributed by atoms with Crippen LogP contribution in [0.4, 0.5) is 0 Å². The number of aryl methyl sites for hydroxylation is 1. The Hall–Kier alpha value is -1.06. The van der Waals surface area contributed by atoms with Crippen molar-refractivity contribution in [3.63, 3.8) is 0 Å². The van der Waals surface area contributed by atoms with Gasteiger partial charge in [0.15, 0.2) is 0 Å². The first kappa shape index (κ1) is 9.49. The highest BCUT2D eigenvalue weighted by molar-refractivity contribution is 7.17. The molecule has 0 aliphatic rings. The van der Waals surface area contributed by atoms with Gasteiger partial charge in [-0.3, -0.25) is 0 Å². The number of hydrogen-bond donors (Lipinski definition) is 1. The molecule has 0 spiro atoms. The normalized spacial score (nSPS) is 10.8. The maximum atomic E-state index is 9.14. The van der Waals surface area contributed by atoms with Crippen molar-refractivity contribution in [2.75, 3.05) is 7.11 Å². The molecule has 1 N–H and O–H groups in total. The summed E-state index contributed by atoms with van der Waals surface area (Å²) in [5.41, 5.74) is 2.18. The summed E-state index contributed by atoms with van der Waals surface area (Å²) < 4.78 is 6.43. The molecule has 0 unspecified atom stereocenters. The van der Waals surface area contributed by atoms with Gasteiger partial charge in [-0.25, -0.2) is 0 Å². The lowest BCUT2D eigenvalue weighted by atomic mass is 10.1. The lowest BCUT2D eigenvalue weighted by molar-refractivity contribution is 0.284. The second-order valence-electron chi connectivity index (χ2n) is 3.24. The van der Waals surface area contributed by atoms with Crippen LogP contribution in [-0.4, -0.2) is 12.2 Å². The van der Waals surface area contributed by atoms with Gasteiger partial charge in [-0.15, -0.1) is 11.3 Å². The minimum Gasteiger partial charge on any atom is -0.497 e. The Balaban J connectivity index is 2.73. The number of thiophene rings is 1. The van der Waals surface area contributed by atoms with Gasteiger partial charge >= 0.3 is 0 Å². The first-order chi connectivity index (χ1) is 6.76. The van der Waals surface area contributed by atoms with Gasteiger partial charge in [-0.1, -0.05) is 0 Å². The van der Waals surface area contributed by atoms with Crippen LogP contribution in [-0.2, 0) is 6.61 Å². The molecular weight excluding hydrogens is 196 g/mol. The van der Waals surface area contributed by atoms with Crippen LogP contribution in [0.2, 0.25) is 0 Å². The first-order valence-electron chi connectivity index (χ1n) is 4.42. The van der Waals surface area contributed by atoms with E-state index in [0.717, 1.165) is 16.7 Å². The molecule has 1 aromatic carbocycles. The number of ether oxygens (including phenoxy) is 1. The van der Waals surface area contributed by atoms with Crippen LogP contribution in [0.3, 0.4) is 0 Å². The summed E-state index contributed by atoms with van der Waals surface area (Å²) in [6.45, 7) is 2.15. The SMILES string of the molecule is COc1cc(C)c2scc(CO)c2c1. The molecule has 0 atom stereocenters. The Bertz CT molecular complexity index is 460. The molecule has 74 valence electrons. The Morgan fingerprint density at radius 2 is 2.21 bits per heavy atom. The van der Waals surface area contributed by atoms with Crippen LogP contribution in [0.15, 0.2) is 17.5 Å². The molecule has 3 heteroatoms. The number of methoxy groups -OCH3 is 1. The molecule has 0 fully saturated rings. The van der Waals surface area contributed by atoms with E-state index in [1.165, 1.54) is 10.3 Å². The molecule has 0 aliphatic carbocycles. The highest BCUT2D eigenvalue weighted by Crippen LogP contribution is 2.32. The minimum absolute atomic E-state index is 0.0899. The number of benzene rings is 1. The predicted molar refractivity (Wildman–Crippen MR) is 59.0 cm³/mol. The summed E-state index contributed by atoms with van der Waals surface area (Å²) in [6.07, 6.45) is 0. The van der Waals surface area contributed by atoms with E-state index in [2.05, 4.69) is 6.92 Å². The van der Waals surface area contributed by atoms with Crippen LogP contribution < -0.4 is 4.74 Å². The molecule has 14 heavy (non-hydrogen) atoms. The third kappa shape index (κ3) is 1.38. The van der Waals surface area contributed by atoms with Crippen molar-refractivity contribution < 1.29 is 9.84 Å². The standard InChI is InChI=1S/C11H12O2S/c1-7-3-9(13-2)4-10-8(5-12)6-14-11(7)10/h3-4,6,12H,5H2,1-2H3. The zero-order valence-electron chi connectivity index (χ0n) is 8.20. The largest absolute Gasteiger partial charge is 0.497 e. The van der Waals surface area contributed by atoms with Gasteiger partial charge in [0.2, 0.25) is 0 Å². The highest BCUT2D eigenvalue weighted by Gasteiger charge is 2.07. The summed E-state index contributed by atoms with van der Waals surface area (Å²) in [6, 6.07) is 3.99. The molecule has 0 saturated carbocycles. The summed E-state index contributed by atoms with van der Waals surface area (Å²) in [4.78, 5) is 0. The third-order valence-electron chi connectivity index (χ3n) is 2.32. The van der Waals surface area contributed by atoms with Crippen molar-refractivity contribution in [2.24, 2.45) is 0 Å². The van der Waals surface area contributed by atoms with E-state index in [0.29, 0.717) is 0 Å². The van der Waals surface area contributed by atoms with E-state index >= 15 is 0 Å². The Kier molecular flexibility index (Phi) is 2.44. The van der Waals surface area contributed by atoms with E-state index in [-0.39, 0.29) is 6.61 Å². The van der Waals surface area contributed by atoms with Crippen molar-refractivity contribution in [1.82, 2.24) is 0 Å². The van der Waals surface area contributed by atoms with Crippen molar-refractivity contribution >= 4 is 21.4 Å². The summed E-state index contributed by atoms with van der Waals surface area (Å²) in [7, 11) is 1.66. The van der Waals surface area contributed by atoms with Crippen molar-refractivity contribution in [2.45, 2.75) is 13.5 Å². The minimum atomic E-state index is 0.0899. The van der Waals surface area contributed by atoms with Crippen LogP contribution in [0.5, 0.6) is 5.75 Å². The van der Waals surface area contributed by atoms with Gasteiger partial charge in [0, 0.05) is 10.1 Å². The zero-order valence-corrected chi connectivity index (χ0v) is 9.02. The molecule has 0 radical (unpaired) electrons. The molecule has 0 saturated heterocycles. The molecule has 0 aliphatic heterocycles. The number of rotatable bonds is 2. The van der Waals surface area contributed by atoms with Crippen molar-refractivity contribution in [3.05, 3.63) is 28.6 Å². The Morgan fingerprint density at radius 1 is 1.43 bits per heavy atom. The zero-order chi connectivity index (χ0) is 10.1. The van der Waals surface area contributed by atoms with Gasteiger partial charge < -0.3 is 9.84 Å². The first-order valence-corrected chi connectivity index (χ1v) is 5.30. The molecule has 1 aromatic heterocycles. The molecule has 2 aromatic rings. The van der Waals surface area contributed by atoms with E-state index in [1.54, 1.807) is 18.4 Å². The van der Waals surface area contributed by atoms with E-state index < -0.39 is 0 Å². The average molecular weight is 208 g/mol. The second kappa shape index (κ2) is 3.59. The van der Waals surface area contributed by atoms with E-state index in [4.69, 9.17) is 9.84 Å². The fourth-order valence-electron chi connectivity index (χ4n) is 1.57. The van der Waals surface area contributed by atoms with Gasteiger partial charge in [-0.05, 0) is 35.6 Å². The van der Waals surface area contributed by atoms with E-state index in [9.17, 15) is 0 Å². The van der Waals surface area contributed by atoms with Crippen LogP contribution in [0, 0.1) is 6.92 Å². The van der Waals surface area contributed by atoms with Crippen LogP contribution in [0.25, 0.3) is 10.1 Å². The number of fused-ring (bicyclic) bond motifs is 1. The number of aliphatic hydroxyl groups is 1. The fourth-order valence-corrected chi connectivity index (χ4v) is 2.59. The molecule has 1 heterocycles. The summed E-state index contributed by atoms with van der Waals surface area (Å²) in [5, 5.41) is 12.2. The van der Waals surface area contributed by atoms with Gasteiger partial charge in [0.1, 0.15) is 5.75 Å². The molecular formula is C11H12O2S. The predicted octanol–water partition coefficient (Wildman–Crippen LogP) is 2.71. The van der Waals surface area contributed by atoms with Crippen LogP contribution in [0.1, 0.15) is 11.1 Å².